The number of methoxy groups -OCH3 is 3. The molecule has 0 fully saturated rings. The third kappa shape index (κ3) is 5.43. The lowest BCUT2D eigenvalue weighted by Gasteiger charge is -2.23. The van der Waals surface area contributed by atoms with E-state index in [9.17, 15) is 14.4 Å². The number of halogens is 1. The van der Waals surface area contributed by atoms with Crippen molar-refractivity contribution in [2.24, 2.45) is 0 Å². The fourth-order valence-electron chi connectivity index (χ4n) is 3.46. The molecule has 0 atom stereocenters. The summed E-state index contributed by atoms with van der Waals surface area (Å²) in [6.07, 6.45) is 1.18. The van der Waals surface area contributed by atoms with Crippen molar-refractivity contribution in [2.75, 3.05) is 43.4 Å². The SMILES string of the molecule is COC(=O)CC1=CC(=O)N(CC(=O)Nc2cc(Cl)c(OC)cc2OC)c2cc(C)c(C)cc2N1. The molecule has 0 bridgehead atoms. The second-order valence-corrected chi connectivity index (χ2v) is 8.07. The molecule has 1 heterocycles. The summed E-state index contributed by atoms with van der Waals surface area (Å²) in [5.41, 5.74) is 3.74. The number of hydrogen-bond acceptors (Lipinski definition) is 7. The number of benzene rings is 2. The Morgan fingerprint density at radius 1 is 1.03 bits per heavy atom. The van der Waals surface area contributed by atoms with Gasteiger partial charge in [-0.15, -0.1) is 0 Å². The van der Waals surface area contributed by atoms with Crippen LogP contribution in [0.5, 0.6) is 11.5 Å². The number of esters is 1. The minimum Gasteiger partial charge on any atom is -0.495 e. The number of fused-ring (bicyclic) bond motifs is 1. The van der Waals surface area contributed by atoms with Crippen molar-refractivity contribution in [3.8, 4) is 11.5 Å². The third-order valence-corrected chi connectivity index (χ3v) is 5.67. The van der Waals surface area contributed by atoms with Gasteiger partial charge in [-0.05, 0) is 43.2 Å². The summed E-state index contributed by atoms with van der Waals surface area (Å²) in [6.45, 7) is 3.56. The van der Waals surface area contributed by atoms with E-state index in [1.807, 2.05) is 26.0 Å². The van der Waals surface area contributed by atoms with Crippen LogP contribution in [-0.2, 0) is 19.1 Å². The highest BCUT2D eigenvalue weighted by molar-refractivity contribution is 6.32. The van der Waals surface area contributed by atoms with E-state index in [1.165, 1.54) is 38.4 Å². The first kappa shape index (κ1) is 24.9. The minimum absolute atomic E-state index is 0.115. The largest absolute Gasteiger partial charge is 0.495 e. The van der Waals surface area contributed by atoms with E-state index in [2.05, 4.69) is 10.6 Å². The lowest BCUT2D eigenvalue weighted by molar-refractivity contribution is -0.139. The van der Waals surface area contributed by atoms with Crippen LogP contribution in [0.4, 0.5) is 17.1 Å². The molecular formula is C24H26ClN3O6. The van der Waals surface area contributed by atoms with Gasteiger partial charge >= 0.3 is 5.97 Å². The number of aryl methyl sites for hydroxylation is 2. The van der Waals surface area contributed by atoms with Gasteiger partial charge in [0.15, 0.2) is 0 Å². The molecule has 34 heavy (non-hydrogen) atoms. The Kier molecular flexibility index (Phi) is 7.68. The standard InChI is InChI=1S/C24H26ClN3O6/c1-13-6-17-19(7-14(13)2)28(23(30)8-15(26-17)9-24(31)34-5)12-22(29)27-18-10-16(25)20(32-3)11-21(18)33-4/h6-8,10-11,26H,9,12H2,1-5H3,(H,27,29). The Hall–Kier alpha value is -3.72. The van der Waals surface area contributed by atoms with Crippen LogP contribution in [0, 0.1) is 13.8 Å². The van der Waals surface area contributed by atoms with Gasteiger partial charge in [0.2, 0.25) is 5.91 Å². The zero-order valence-corrected chi connectivity index (χ0v) is 20.3. The number of ether oxygens (including phenoxy) is 3. The molecule has 10 heteroatoms. The quantitative estimate of drug-likeness (QED) is 0.572. The Morgan fingerprint density at radius 2 is 1.71 bits per heavy atom. The average molecular weight is 488 g/mol. The zero-order valence-electron chi connectivity index (χ0n) is 19.6. The molecule has 2 N–H and O–H groups in total. The minimum atomic E-state index is -0.494. The molecule has 2 aromatic rings. The van der Waals surface area contributed by atoms with Gasteiger partial charge in [-0.3, -0.25) is 19.3 Å². The van der Waals surface area contributed by atoms with Gasteiger partial charge in [-0.1, -0.05) is 11.6 Å². The molecule has 0 aliphatic carbocycles. The van der Waals surface area contributed by atoms with Crippen molar-refractivity contribution in [3.63, 3.8) is 0 Å². The van der Waals surface area contributed by atoms with Gasteiger partial charge in [0, 0.05) is 17.8 Å². The smallest absolute Gasteiger partial charge is 0.311 e. The van der Waals surface area contributed by atoms with Crippen LogP contribution >= 0.6 is 11.6 Å². The van der Waals surface area contributed by atoms with Crippen LogP contribution < -0.4 is 25.0 Å². The van der Waals surface area contributed by atoms with Crippen LogP contribution in [0.1, 0.15) is 17.5 Å². The first-order valence-electron chi connectivity index (χ1n) is 10.3. The second kappa shape index (κ2) is 10.5. The summed E-state index contributed by atoms with van der Waals surface area (Å²) in [7, 11) is 4.21. The van der Waals surface area contributed by atoms with Crippen molar-refractivity contribution in [2.45, 2.75) is 20.3 Å². The lowest BCUT2D eigenvalue weighted by Crippen LogP contribution is -2.37. The van der Waals surface area contributed by atoms with Gasteiger partial charge < -0.3 is 24.8 Å². The summed E-state index contributed by atoms with van der Waals surface area (Å²) >= 11 is 6.20. The third-order valence-electron chi connectivity index (χ3n) is 5.37. The maximum atomic E-state index is 13.1. The van der Waals surface area contributed by atoms with Crippen molar-refractivity contribution in [1.29, 1.82) is 0 Å². The van der Waals surface area contributed by atoms with E-state index < -0.39 is 17.8 Å². The molecule has 0 aromatic heterocycles. The first-order valence-corrected chi connectivity index (χ1v) is 10.7. The van der Waals surface area contributed by atoms with E-state index in [0.717, 1.165) is 11.1 Å². The second-order valence-electron chi connectivity index (χ2n) is 7.66. The number of carbonyl (C=O) groups excluding carboxylic acids is 3. The summed E-state index contributed by atoms with van der Waals surface area (Å²) in [4.78, 5) is 39.3. The van der Waals surface area contributed by atoms with E-state index in [-0.39, 0.29) is 13.0 Å². The molecular weight excluding hydrogens is 462 g/mol. The number of nitrogens with one attached hydrogen (secondary N) is 2. The van der Waals surface area contributed by atoms with E-state index in [1.54, 1.807) is 6.07 Å². The molecule has 2 aromatic carbocycles. The zero-order chi connectivity index (χ0) is 25.0. The molecule has 3 rings (SSSR count). The maximum absolute atomic E-state index is 13.1. The van der Waals surface area contributed by atoms with Crippen LogP contribution in [0.2, 0.25) is 5.02 Å². The highest BCUT2D eigenvalue weighted by Gasteiger charge is 2.26. The molecule has 0 unspecified atom stereocenters. The summed E-state index contributed by atoms with van der Waals surface area (Å²) in [5, 5.41) is 6.16. The number of hydrogen-bond donors (Lipinski definition) is 2. The van der Waals surface area contributed by atoms with Crippen LogP contribution in [0.3, 0.4) is 0 Å². The Morgan fingerprint density at radius 3 is 2.35 bits per heavy atom. The maximum Gasteiger partial charge on any atom is 0.311 e. The van der Waals surface area contributed by atoms with E-state index >= 15 is 0 Å². The summed E-state index contributed by atoms with van der Waals surface area (Å²) in [6, 6.07) is 6.76. The number of rotatable bonds is 7. The monoisotopic (exact) mass is 487 g/mol. The Balaban J connectivity index is 1.93. The van der Waals surface area contributed by atoms with Crippen LogP contribution in [0.25, 0.3) is 0 Å². The van der Waals surface area contributed by atoms with E-state index in [4.69, 9.17) is 25.8 Å². The number of nitrogens with zero attached hydrogens (tertiary/aromatic N) is 1. The highest BCUT2D eigenvalue weighted by atomic mass is 35.5. The molecule has 1 aliphatic heterocycles. The van der Waals surface area contributed by atoms with Gasteiger partial charge in [-0.2, -0.15) is 0 Å². The average Bonchev–Trinajstić information content (AvgIpc) is 2.90. The van der Waals surface area contributed by atoms with Crippen molar-refractivity contribution in [3.05, 3.63) is 52.2 Å². The van der Waals surface area contributed by atoms with Crippen molar-refractivity contribution >= 4 is 46.4 Å². The molecule has 0 saturated heterocycles. The molecule has 1 aliphatic rings. The number of amides is 2. The number of anilines is 3. The predicted molar refractivity (Wildman–Crippen MR) is 130 cm³/mol. The van der Waals surface area contributed by atoms with Crippen LogP contribution in [-0.4, -0.2) is 45.7 Å². The molecule has 0 saturated carbocycles. The summed E-state index contributed by atoms with van der Waals surface area (Å²) in [5.74, 6) is -0.671. The van der Waals surface area contributed by atoms with Gasteiger partial charge in [0.05, 0.1) is 49.8 Å². The Bertz CT molecular complexity index is 1180. The predicted octanol–water partition coefficient (Wildman–Crippen LogP) is 3.82. The van der Waals surface area contributed by atoms with Crippen molar-refractivity contribution in [1.82, 2.24) is 0 Å². The topological polar surface area (TPSA) is 106 Å². The molecule has 9 nitrogen and oxygen atoms in total. The number of carbonyl (C=O) groups is 3. The molecule has 0 radical (unpaired) electrons. The van der Waals surface area contributed by atoms with Gasteiger partial charge in [0.1, 0.15) is 18.0 Å². The normalized spacial score (nSPS) is 12.7. The summed E-state index contributed by atoms with van der Waals surface area (Å²) < 4.78 is 15.2. The van der Waals surface area contributed by atoms with Gasteiger partial charge in [-0.25, -0.2) is 0 Å². The lowest BCUT2D eigenvalue weighted by atomic mass is 10.1. The molecule has 2 amide bonds. The van der Waals surface area contributed by atoms with Crippen LogP contribution in [0.15, 0.2) is 36.0 Å². The molecule has 180 valence electrons. The molecule has 0 spiro atoms. The fourth-order valence-corrected chi connectivity index (χ4v) is 3.70. The Labute approximate surface area is 202 Å². The van der Waals surface area contributed by atoms with E-state index in [0.29, 0.717) is 39.3 Å². The van der Waals surface area contributed by atoms with Gasteiger partial charge in [0.25, 0.3) is 5.91 Å². The van der Waals surface area contributed by atoms with Crippen molar-refractivity contribution < 1.29 is 28.6 Å². The fraction of sp³-hybridized carbons (Fsp3) is 0.292. The first-order chi connectivity index (χ1) is 16.2. The highest BCUT2D eigenvalue weighted by Crippen LogP contribution is 2.37.